The summed E-state index contributed by atoms with van der Waals surface area (Å²) < 4.78 is 10.5. The van der Waals surface area contributed by atoms with E-state index in [4.69, 9.17) is 14.7 Å². The Bertz CT molecular complexity index is 951. The summed E-state index contributed by atoms with van der Waals surface area (Å²) in [5.74, 6) is -1.07. The van der Waals surface area contributed by atoms with Gasteiger partial charge in [0, 0.05) is 0 Å². The lowest BCUT2D eigenvalue weighted by molar-refractivity contribution is -0.146. The Morgan fingerprint density at radius 3 is 2.75 bits per heavy atom. The Morgan fingerprint density at radius 1 is 1.18 bits per heavy atom. The van der Waals surface area contributed by atoms with Crippen LogP contribution in [0.3, 0.4) is 0 Å². The Balaban J connectivity index is 1.59. The van der Waals surface area contributed by atoms with Crippen molar-refractivity contribution in [1.82, 2.24) is 0 Å². The number of hydrogen-bond donors (Lipinski definition) is 1. The van der Waals surface area contributed by atoms with Crippen LogP contribution in [0.15, 0.2) is 48.5 Å². The van der Waals surface area contributed by atoms with Crippen molar-refractivity contribution < 1.29 is 23.9 Å². The van der Waals surface area contributed by atoms with Gasteiger partial charge in [0.1, 0.15) is 18.4 Å². The number of para-hydroxylation sites is 3. The van der Waals surface area contributed by atoms with E-state index in [-0.39, 0.29) is 25.5 Å². The SMILES string of the molecule is N#Cc1ccccc1NC(=O)COC(=O)CN1C(=O)CCOc2ccccc21. The molecule has 1 aliphatic rings. The van der Waals surface area contributed by atoms with Gasteiger partial charge in [-0.25, -0.2) is 0 Å². The minimum Gasteiger partial charge on any atom is -0.491 e. The number of carbonyl (C=O) groups excluding carboxylic acids is 3. The number of fused-ring (bicyclic) bond motifs is 1. The van der Waals surface area contributed by atoms with Gasteiger partial charge in [-0.15, -0.1) is 0 Å². The van der Waals surface area contributed by atoms with Gasteiger partial charge in [0.15, 0.2) is 6.61 Å². The van der Waals surface area contributed by atoms with E-state index in [1.807, 2.05) is 6.07 Å². The van der Waals surface area contributed by atoms with Crippen molar-refractivity contribution in [2.45, 2.75) is 6.42 Å². The highest BCUT2D eigenvalue weighted by molar-refractivity contribution is 6.00. The maximum Gasteiger partial charge on any atom is 0.326 e. The summed E-state index contributed by atoms with van der Waals surface area (Å²) in [6.07, 6.45) is 0.132. The minimum absolute atomic E-state index is 0.132. The highest BCUT2D eigenvalue weighted by Crippen LogP contribution is 2.30. The molecule has 0 unspecified atom stereocenters. The average Bonchev–Trinajstić information content (AvgIpc) is 2.86. The molecule has 8 heteroatoms. The lowest BCUT2D eigenvalue weighted by Crippen LogP contribution is -2.37. The van der Waals surface area contributed by atoms with E-state index >= 15 is 0 Å². The number of esters is 1. The van der Waals surface area contributed by atoms with Crippen LogP contribution in [-0.4, -0.2) is 37.5 Å². The molecule has 8 nitrogen and oxygen atoms in total. The summed E-state index contributed by atoms with van der Waals surface area (Å²) in [6, 6.07) is 15.3. The average molecular weight is 379 g/mol. The lowest BCUT2D eigenvalue weighted by Gasteiger charge is -2.20. The Labute approximate surface area is 161 Å². The van der Waals surface area contributed by atoms with Gasteiger partial charge in [-0.3, -0.25) is 19.3 Å². The Kier molecular flexibility index (Phi) is 5.87. The zero-order valence-electron chi connectivity index (χ0n) is 14.9. The van der Waals surface area contributed by atoms with Crippen molar-refractivity contribution in [3.8, 4) is 11.8 Å². The molecule has 0 spiro atoms. The van der Waals surface area contributed by atoms with Crippen molar-refractivity contribution in [3.05, 3.63) is 54.1 Å². The molecule has 0 saturated heterocycles. The third-order valence-corrected chi connectivity index (χ3v) is 4.00. The second-order valence-corrected chi connectivity index (χ2v) is 5.91. The van der Waals surface area contributed by atoms with Gasteiger partial charge in [-0.1, -0.05) is 24.3 Å². The summed E-state index contributed by atoms with van der Waals surface area (Å²) in [5.41, 5.74) is 1.11. The quantitative estimate of drug-likeness (QED) is 0.794. The van der Waals surface area contributed by atoms with Crippen molar-refractivity contribution in [2.24, 2.45) is 0 Å². The molecular weight excluding hydrogens is 362 g/mol. The molecule has 2 aromatic rings. The molecule has 1 heterocycles. The van der Waals surface area contributed by atoms with Gasteiger partial charge in [0.05, 0.1) is 30.0 Å². The van der Waals surface area contributed by atoms with E-state index in [1.54, 1.807) is 48.5 Å². The molecule has 3 rings (SSSR count). The van der Waals surface area contributed by atoms with E-state index in [0.29, 0.717) is 22.7 Å². The number of nitrogens with one attached hydrogen (secondary N) is 1. The summed E-state index contributed by atoms with van der Waals surface area (Å²) in [4.78, 5) is 37.7. The van der Waals surface area contributed by atoms with Gasteiger partial charge in [-0.05, 0) is 24.3 Å². The first-order chi connectivity index (χ1) is 13.6. The number of benzene rings is 2. The van der Waals surface area contributed by atoms with Crippen molar-refractivity contribution in [2.75, 3.05) is 30.0 Å². The first-order valence-corrected chi connectivity index (χ1v) is 8.55. The molecule has 0 radical (unpaired) electrons. The zero-order chi connectivity index (χ0) is 19.9. The fourth-order valence-corrected chi connectivity index (χ4v) is 2.69. The summed E-state index contributed by atoms with van der Waals surface area (Å²) in [6.45, 7) is -0.637. The molecule has 0 aliphatic carbocycles. The Morgan fingerprint density at radius 2 is 1.93 bits per heavy atom. The lowest BCUT2D eigenvalue weighted by atomic mass is 10.2. The van der Waals surface area contributed by atoms with Crippen LogP contribution in [0.25, 0.3) is 0 Å². The molecule has 1 aliphatic heterocycles. The van der Waals surface area contributed by atoms with Gasteiger partial charge >= 0.3 is 5.97 Å². The third kappa shape index (κ3) is 4.45. The standard InChI is InChI=1S/C20H17N3O5/c21-11-14-5-1-2-6-15(14)22-18(24)13-28-20(26)12-23-16-7-3-4-8-17(16)27-10-9-19(23)25/h1-8H,9-10,12-13H2,(H,22,24). The van der Waals surface area contributed by atoms with Crippen LogP contribution in [0.4, 0.5) is 11.4 Å². The molecule has 0 bridgehead atoms. The minimum atomic E-state index is -0.728. The van der Waals surface area contributed by atoms with Gasteiger partial charge in [0.25, 0.3) is 5.91 Å². The molecule has 1 N–H and O–H groups in total. The van der Waals surface area contributed by atoms with E-state index in [1.165, 1.54) is 4.90 Å². The normalized spacial score (nSPS) is 12.8. The van der Waals surface area contributed by atoms with Gasteiger partial charge < -0.3 is 14.8 Å². The first kappa shape index (κ1) is 18.9. The molecule has 28 heavy (non-hydrogen) atoms. The molecule has 2 aromatic carbocycles. The molecule has 0 saturated carbocycles. The fraction of sp³-hybridized carbons (Fsp3) is 0.200. The number of anilines is 2. The summed E-state index contributed by atoms with van der Waals surface area (Å²) in [7, 11) is 0. The van der Waals surface area contributed by atoms with Crippen LogP contribution in [-0.2, 0) is 19.1 Å². The van der Waals surface area contributed by atoms with E-state index < -0.39 is 18.5 Å². The highest BCUT2D eigenvalue weighted by atomic mass is 16.5. The largest absolute Gasteiger partial charge is 0.491 e. The number of hydrogen-bond acceptors (Lipinski definition) is 6. The maximum atomic E-state index is 12.3. The van der Waals surface area contributed by atoms with Crippen molar-refractivity contribution in [3.63, 3.8) is 0 Å². The third-order valence-electron chi connectivity index (χ3n) is 4.00. The van der Waals surface area contributed by atoms with Crippen LogP contribution < -0.4 is 15.0 Å². The monoisotopic (exact) mass is 379 g/mol. The van der Waals surface area contributed by atoms with E-state index in [0.717, 1.165) is 0 Å². The Hall–Kier alpha value is -3.86. The van der Waals surface area contributed by atoms with Gasteiger partial charge in [0.2, 0.25) is 5.91 Å². The number of nitrogens with zero attached hydrogens (tertiary/aromatic N) is 2. The maximum absolute atomic E-state index is 12.3. The molecule has 2 amide bonds. The predicted molar refractivity (Wildman–Crippen MR) is 99.7 cm³/mol. The zero-order valence-corrected chi connectivity index (χ0v) is 14.9. The number of nitriles is 1. The fourth-order valence-electron chi connectivity index (χ4n) is 2.69. The molecule has 0 aromatic heterocycles. The highest BCUT2D eigenvalue weighted by Gasteiger charge is 2.25. The van der Waals surface area contributed by atoms with Crippen LogP contribution in [0.2, 0.25) is 0 Å². The van der Waals surface area contributed by atoms with E-state index in [2.05, 4.69) is 5.32 Å². The van der Waals surface area contributed by atoms with Crippen molar-refractivity contribution >= 4 is 29.2 Å². The number of amides is 2. The number of carbonyl (C=O) groups is 3. The van der Waals surface area contributed by atoms with E-state index in [9.17, 15) is 14.4 Å². The van der Waals surface area contributed by atoms with Crippen LogP contribution in [0.1, 0.15) is 12.0 Å². The molecule has 0 atom stereocenters. The second-order valence-electron chi connectivity index (χ2n) is 5.91. The van der Waals surface area contributed by atoms with Crippen LogP contribution in [0.5, 0.6) is 5.75 Å². The second kappa shape index (κ2) is 8.68. The van der Waals surface area contributed by atoms with Crippen LogP contribution in [0, 0.1) is 11.3 Å². The van der Waals surface area contributed by atoms with Crippen LogP contribution >= 0.6 is 0 Å². The molecular formula is C20H17N3O5. The first-order valence-electron chi connectivity index (χ1n) is 8.55. The van der Waals surface area contributed by atoms with Gasteiger partial charge in [-0.2, -0.15) is 5.26 Å². The predicted octanol–water partition coefficient (Wildman–Crippen LogP) is 1.86. The number of ether oxygens (including phenoxy) is 2. The molecule has 0 fully saturated rings. The smallest absolute Gasteiger partial charge is 0.326 e. The van der Waals surface area contributed by atoms with Crippen molar-refractivity contribution in [1.29, 1.82) is 5.26 Å². The summed E-state index contributed by atoms with van der Waals surface area (Å²) >= 11 is 0. The topological polar surface area (TPSA) is 109 Å². The number of rotatable bonds is 5. The molecule has 142 valence electrons. The summed E-state index contributed by atoms with van der Waals surface area (Å²) in [5, 5.41) is 11.5.